The normalized spacial score (nSPS) is 15.0. The molecule has 0 saturated carbocycles. The average Bonchev–Trinajstić information content (AvgIpc) is 4.00. The third kappa shape index (κ3) is 7.69. The van der Waals surface area contributed by atoms with Crippen LogP contribution in [0.2, 0.25) is 10.0 Å². The molecule has 0 saturated heterocycles. The van der Waals surface area contributed by atoms with Crippen LogP contribution in [-0.2, 0) is 14.1 Å². The summed E-state index contributed by atoms with van der Waals surface area (Å²) >= 11 is 16.6. The molecule has 0 bridgehead atoms. The van der Waals surface area contributed by atoms with Crippen molar-refractivity contribution in [3.05, 3.63) is 190 Å². The summed E-state index contributed by atoms with van der Waals surface area (Å²) in [5.74, 6) is 3.14. The summed E-state index contributed by atoms with van der Waals surface area (Å²) in [5, 5.41) is 3.63. The number of hydrogen-bond acceptors (Lipinski definition) is 6. The van der Waals surface area contributed by atoms with Gasteiger partial charge in [-0.15, -0.1) is 0 Å². The number of rotatable bonds is 8. The molecule has 0 amide bonds. The maximum absolute atomic E-state index is 6.56. The number of fused-ring (bicyclic) bond motifs is 4. The van der Waals surface area contributed by atoms with Gasteiger partial charge in [-0.05, 0) is 95.1 Å². The maximum atomic E-state index is 6.56. The molecule has 0 N–H and O–H groups in total. The van der Waals surface area contributed by atoms with Crippen LogP contribution in [0.25, 0.3) is 53.8 Å². The first-order valence-electron chi connectivity index (χ1n) is 19.9. The fourth-order valence-electron chi connectivity index (χ4n) is 8.01. The quantitative estimate of drug-likeness (QED) is 0.142. The molecule has 2 aliphatic rings. The van der Waals surface area contributed by atoms with E-state index < -0.39 is 0 Å². The minimum atomic E-state index is 0. The zero-order valence-electron chi connectivity index (χ0n) is 33.9. The number of anilines is 2. The Labute approximate surface area is 380 Å². The zero-order chi connectivity index (χ0) is 41.8. The molecule has 2 aliphatic heterocycles. The fraction of sp³-hybridized carbons (Fsp3) is 0.115. The number of aryl methyl sites for hydroxylation is 2. The van der Waals surface area contributed by atoms with Gasteiger partial charge >= 0.3 is 0 Å². The third-order valence-electron chi connectivity index (χ3n) is 11.3. The van der Waals surface area contributed by atoms with Crippen LogP contribution in [0.15, 0.2) is 170 Å². The monoisotopic (exact) mass is 890 g/mol. The molecule has 0 unspecified atom stereocenters. The van der Waals surface area contributed by atoms with Crippen molar-refractivity contribution in [1.29, 1.82) is 0 Å². The Morgan fingerprint density at radius 3 is 1.39 bits per heavy atom. The lowest BCUT2D eigenvalue weighted by molar-refractivity contribution is -0.643. The van der Waals surface area contributed by atoms with E-state index in [2.05, 4.69) is 168 Å². The van der Waals surface area contributed by atoms with Crippen molar-refractivity contribution in [3.63, 3.8) is 0 Å². The van der Waals surface area contributed by atoms with Gasteiger partial charge in [0, 0.05) is 53.8 Å². The lowest BCUT2D eigenvalue weighted by Gasteiger charge is -2.12. The molecule has 6 nitrogen and oxygen atoms in total. The lowest BCUT2D eigenvalue weighted by atomic mass is 10.0. The summed E-state index contributed by atoms with van der Waals surface area (Å²) in [6.07, 6.45) is 9.17. The van der Waals surface area contributed by atoms with Gasteiger partial charge in [-0.1, -0.05) is 126 Å². The molecule has 0 aliphatic carbocycles. The molecule has 0 atom stereocenters. The summed E-state index contributed by atoms with van der Waals surface area (Å²) in [6, 6.07) is 45.8. The summed E-state index contributed by atoms with van der Waals surface area (Å²) < 4.78 is 19.8. The molecule has 0 radical (unpaired) electrons. The highest BCUT2D eigenvalue weighted by molar-refractivity contribution is 7.19. The predicted octanol–water partition coefficient (Wildman–Crippen LogP) is 13.6. The van der Waals surface area contributed by atoms with Gasteiger partial charge in [0.2, 0.25) is 11.0 Å². The predicted molar refractivity (Wildman–Crippen MR) is 261 cm³/mol. The van der Waals surface area contributed by atoms with E-state index in [1.807, 2.05) is 36.4 Å². The van der Waals surface area contributed by atoms with Crippen molar-refractivity contribution < 1.29 is 18.6 Å². The van der Waals surface area contributed by atoms with Crippen LogP contribution in [0.3, 0.4) is 0 Å². The molecular formula is C52H44Cl2N4O2S2+2. The molecule has 62 heavy (non-hydrogen) atoms. The van der Waals surface area contributed by atoms with Crippen LogP contribution in [0, 0.1) is 0 Å². The molecule has 4 heterocycles. The van der Waals surface area contributed by atoms with Crippen molar-refractivity contribution in [1.82, 2.24) is 0 Å². The van der Waals surface area contributed by atoms with Gasteiger partial charge < -0.3 is 19.3 Å². The largest absolute Gasteiger partial charge is 0.439 e. The van der Waals surface area contributed by atoms with Crippen molar-refractivity contribution in [2.75, 3.05) is 23.9 Å². The van der Waals surface area contributed by atoms with E-state index in [-0.39, 0.29) is 7.43 Å². The minimum absolute atomic E-state index is 0. The zero-order valence-corrected chi connectivity index (χ0v) is 37.0. The molecule has 10 heteroatoms. The van der Waals surface area contributed by atoms with Gasteiger partial charge in [-0.25, -0.2) is 0 Å². The number of allylic oxidation sites excluding steroid dienone is 6. The van der Waals surface area contributed by atoms with Crippen LogP contribution in [0.1, 0.15) is 23.9 Å². The Kier molecular flexibility index (Phi) is 11.3. The number of ether oxygens (including phenoxy) is 2. The number of halogens is 2. The second-order valence-corrected chi connectivity index (χ2v) is 18.1. The highest BCUT2D eigenvalue weighted by atomic mass is 35.5. The molecular weight excluding hydrogens is 848 g/mol. The van der Waals surface area contributed by atoms with Crippen molar-refractivity contribution in [2.24, 2.45) is 14.1 Å². The van der Waals surface area contributed by atoms with E-state index >= 15 is 0 Å². The smallest absolute Gasteiger partial charge is 0.266 e. The van der Waals surface area contributed by atoms with Crippen LogP contribution in [0.5, 0.6) is 11.5 Å². The first-order valence-corrected chi connectivity index (χ1v) is 22.3. The number of thiazole rings is 2. The SMILES string of the molecule is C.CN1C(=CC=C(CC(=CC=C2Oc3ccc(-c4ccccc4)cc3N2C)c2sc3ccc(Cl)cc3[n+]2C)c2sc3ccc(Cl)cc3[n+]2C)Oc2ccc(-c3ccccc3)cc21. The van der Waals surface area contributed by atoms with Crippen molar-refractivity contribution >= 4 is 88.8 Å². The number of aromatic nitrogens is 2. The molecule has 2 aromatic heterocycles. The van der Waals surface area contributed by atoms with Crippen molar-refractivity contribution in [2.45, 2.75) is 13.8 Å². The highest BCUT2D eigenvalue weighted by Gasteiger charge is 2.29. The fourth-order valence-corrected chi connectivity index (χ4v) is 10.6. The Bertz CT molecular complexity index is 2940. The molecule has 0 fully saturated rings. The Balaban J connectivity index is 0.00000490. The van der Waals surface area contributed by atoms with E-state index in [0.717, 1.165) is 98.5 Å². The second kappa shape index (κ2) is 17.0. The van der Waals surface area contributed by atoms with Gasteiger partial charge in [0.1, 0.15) is 23.5 Å². The van der Waals surface area contributed by atoms with E-state index in [0.29, 0.717) is 16.5 Å². The van der Waals surface area contributed by atoms with Crippen LogP contribution in [0.4, 0.5) is 11.4 Å². The second-order valence-electron chi connectivity index (χ2n) is 15.1. The summed E-state index contributed by atoms with van der Waals surface area (Å²) in [7, 11) is 8.33. The van der Waals surface area contributed by atoms with Crippen LogP contribution in [-0.4, -0.2) is 14.1 Å². The highest BCUT2D eigenvalue weighted by Crippen LogP contribution is 2.43. The standard InChI is InChI=1S/C51H40Cl2N4O2S2.CH4/c1-54-40-28-34(32-11-7-5-8-12-32)15-21-44(40)58-48(54)25-17-36(50-56(3)42-30-38(52)19-23-46(42)60-50)27-37(51-57(4)43-31-39(53)20-24-47(43)61-51)18-26-49-55(2)41-29-35(16-22-45(41)59-49)33-13-9-6-10-14-33;/h5-26,28-31H,27H2,1-4H3;1H4/q+2;. The van der Waals surface area contributed by atoms with Gasteiger partial charge in [0.15, 0.2) is 23.3 Å². The van der Waals surface area contributed by atoms with Gasteiger partial charge in [0.05, 0.1) is 11.4 Å². The summed E-state index contributed by atoms with van der Waals surface area (Å²) in [4.78, 5) is 4.23. The first kappa shape index (κ1) is 41.2. The molecule has 0 spiro atoms. The van der Waals surface area contributed by atoms with Crippen molar-refractivity contribution in [3.8, 4) is 33.8 Å². The topological polar surface area (TPSA) is 32.7 Å². The van der Waals surface area contributed by atoms with E-state index in [9.17, 15) is 0 Å². The van der Waals surface area contributed by atoms with E-state index in [1.54, 1.807) is 22.7 Å². The maximum Gasteiger partial charge on any atom is 0.266 e. The number of benzene rings is 6. The lowest BCUT2D eigenvalue weighted by Crippen LogP contribution is -2.31. The average molecular weight is 892 g/mol. The number of hydrogen-bond donors (Lipinski definition) is 0. The minimum Gasteiger partial charge on any atom is -0.439 e. The van der Waals surface area contributed by atoms with Crippen LogP contribution >= 0.6 is 45.9 Å². The molecule has 8 aromatic rings. The molecule has 10 rings (SSSR count). The van der Waals surface area contributed by atoms with Gasteiger partial charge in [0.25, 0.3) is 10.0 Å². The Morgan fingerprint density at radius 2 is 0.968 bits per heavy atom. The summed E-state index contributed by atoms with van der Waals surface area (Å²) in [6.45, 7) is 0. The number of nitrogens with zero attached hydrogens (tertiary/aromatic N) is 4. The van der Waals surface area contributed by atoms with E-state index in [4.69, 9.17) is 32.7 Å². The van der Waals surface area contributed by atoms with Gasteiger partial charge in [-0.3, -0.25) is 0 Å². The first-order chi connectivity index (χ1) is 29.7. The Hall–Kier alpha value is -6.16. The van der Waals surface area contributed by atoms with Crippen LogP contribution < -0.4 is 28.4 Å². The summed E-state index contributed by atoms with van der Waals surface area (Å²) in [5.41, 5.74) is 11.0. The van der Waals surface area contributed by atoms with Gasteiger partial charge in [-0.2, -0.15) is 9.13 Å². The Morgan fingerprint density at radius 1 is 0.548 bits per heavy atom. The molecule has 6 aromatic carbocycles. The third-order valence-corrected chi connectivity index (χ3v) is 14.4. The van der Waals surface area contributed by atoms with E-state index in [1.165, 1.54) is 0 Å². The molecule has 308 valence electrons.